The minimum absolute atomic E-state index is 0.622. The molecule has 0 aromatic carbocycles. The molecule has 0 aliphatic rings. The molecule has 0 amide bonds. The number of fused-ring (bicyclic) bond motifs is 1. The van der Waals surface area contributed by atoms with Crippen molar-refractivity contribution < 1.29 is 0 Å². The van der Waals surface area contributed by atoms with Crippen LogP contribution in [0.1, 0.15) is 5.69 Å². The van der Waals surface area contributed by atoms with Crippen LogP contribution in [0.4, 0.5) is 0 Å². The van der Waals surface area contributed by atoms with Crippen LogP contribution in [-0.4, -0.2) is 19.6 Å². The van der Waals surface area contributed by atoms with Gasteiger partial charge in [0.25, 0.3) is 5.78 Å². The molecular weight excluding hydrogens is 128 g/mol. The molecule has 0 saturated heterocycles. The third-order valence-corrected chi connectivity index (χ3v) is 1.34. The maximum absolute atomic E-state index is 3.94. The van der Waals surface area contributed by atoms with E-state index in [1.807, 2.05) is 6.92 Å². The van der Waals surface area contributed by atoms with Crippen LogP contribution in [0.15, 0.2) is 12.5 Å². The molecule has 0 N–H and O–H groups in total. The maximum atomic E-state index is 3.94. The lowest BCUT2D eigenvalue weighted by atomic mass is 10.4. The van der Waals surface area contributed by atoms with E-state index >= 15 is 0 Å². The Bertz CT molecular complexity index is 351. The highest BCUT2D eigenvalue weighted by molar-refractivity contribution is 5.25. The smallest absolute Gasteiger partial charge is 0.254 e. The van der Waals surface area contributed by atoms with E-state index in [1.165, 1.54) is 0 Å². The van der Waals surface area contributed by atoms with Gasteiger partial charge < -0.3 is 0 Å². The molecule has 2 aromatic rings. The van der Waals surface area contributed by atoms with Crippen molar-refractivity contribution in [3.05, 3.63) is 24.3 Å². The SMILES string of the molecule is Cc1[c]cnc2nncn12. The molecule has 0 unspecified atom stereocenters. The third-order valence-electron chi connectivity index (χ3n) is 1.34. The number of hydrogen-bond donors (Lipinski definition) is 0. The predicted molar refractivity (Wildman–Crippen MR) is 34.4 cm³/mol. The molecule has 0 saturated carbocycles. The van der Waals surface area contributed by atoms with Gasteiger partial charge in [0.15, 0.2) is 0 Å². The maximum Gasteiger partial charge on any atom is 0.254 e. The lowest BCUT2D eigenvalue weighted by molar-refractivity contribution is 1.03. The lowest BCUT2D eigenvalue weighted by Crippen LogP contribution is -1.90. The molecule has 10 heavy (non-hydrogen) atoms. The first-order valence-corrected chi connectivity index (χ1v) is 2.91. The van der Waals surface area contributed by atoms with Gasteiger partial charge in [-0.15, -0.1) is 10.2 Å². The zero-order chi connectivity index (χ0) is 6.97. The molecule has 0 atom stereocenters. The zero-order valence-electron chi connectivity index (χ0n) is 5.44. The molecular formula is C6H5N4. The van der Waals surface area contributed by atoms with E-state index in [2.05, 4.69) is 21.2 Å². The number of aryl methyl sites for hydroxylation is 1. The molecule has 0 aliphatic heterocycles. The van der Waals surface area contributed by atoms with Gasteiger partial charge in [0.2, 0.25) is 0 Å². The van der Waals surface area contributed by atoms with Gasteiger partial charge >= 0.3 is 0 Å². The second-order valence-electron chi connectivity index (χ2n) is 1.99. The molecule has 2 rings (SSSR count). The molecule has 0 aliphatic carbocycles. The van der Waals surface area contributed by atoms with Gasteiger partial charge in [-0.25, -0.2) is 4.98 Å². The first-order valence-electron chi connectivity index (χ1n) is 2.91. The first kappa shape index (κ1) is 5.34. The van der Waals surface area contributed by atoms with Crippen LogP contribution >= 0.6 is 0 Å². The van der Waals surface area contributed by atoms with Gasteiger partial charge in [-0.05, 0) is 6.92 Å². The summed E-state index contributed by atoms with van der Waals surface area (Å²) < 4.78 is 1.78. The largest absolute Gasteiger partial charge is 0.270 e. The topological polar surface area (TPSA) is 43.1 Å². The van der Waals surface area contributed by atoms with Crippen LogP contribution in [0.3, 0.4) is 0 Å². The van der Waals surface area contributed by atoms with Crippen LogP contribution in [0, 0.1) is 13.0 Å². The van der Waals surface area contributed by atoms with E-state index in [1.54, 1.807) is 16.9 Å². The summed E-state index contributed by atoms with van der Waals surface area (Å²) in [5.41, 5.74) is 0.968. The fraction of sp³-hybridized carbons (Fsp3) is 0.167. The zero-order valence-corrected chi connectivity index (χ0v) is 5.44. The number of aromatic nitrogens is 4. The summed E-state index contributed by atoms with van der Waals surface area (Å²) in [4.78, 5) is 3.94. The molecule has 2 aromatic heterocycles. The minimum Gasteiger partial charge on any atom is -0.270 e. The second kappa shape index (κ2) is 1.76. The van der Waals surface area contributed by atoms with Gasteiger partial charge in [0.05, 0.1) is 0 Å². The number of rotatable bonds is 0. The Hall–Kier alpha value is -1.45. The average Bonchev–Trinajstić information content (AvgIpc) is 2.36. The van der Waals surface area contributed by atoms with Crippen LogP contribution in [0.25, 0.3) is 5.78 Å². The van der Waals surface area contributed by atoms with Crippen molar-refractivity contribution >= 4 is 5.78 Å². The first-order chi connectivity index (χ1) is 4.88. The van der Waals surface area contributed by atoms with E-state index in [-0.39, 0.29) is 0 Å². The van der Waals surface area contributed by atoms with Gasteiger partial charge in [0.1, 0.15) is 6.33 Å². The number of nitrogens with zero attached hydrogens (tertiary/aromatic N) is 4. The second-order valence-corrected chi connectivity index (χ2v) is 1.99. The Kier molecular flexibility index (Phi) is 0.943. The van der Waals surface area contributed by atoms with E-state index in [9.17, 15) is 0 Å². The summed E-state index contributed by atoms with van der Waals surface area (Å²) in [6.45, 7) is 1.93. The Morgan fingerprint density at radius 2 is 2.50 bits per heavy atom. The quantitative estimate of drug-likeness (QED) is 0.516. The molecule has 0 bridgehead atoms. The molecule has 4 heteroatoms. The van der Waals surface area contributed by atoms with Crippen LogP contribution in [-0.2, 0) is 0 Å². The van der Waals surface area contributed by atoms with Crippen LogP contribution in [0.5, 0.6) is 0 Å². The summed E-state index contributed by atoms with van der Waals surface area (Å²) >= 11 is 0. The molecule has 0 fully saturated rings. The Balaban J connectivity index is 2.95. The van der Waals surface area contributed by atoms with Crippen molar-refractivity contribution in [1.82, 2.24) is 19.6 Å². The van der Waals surface area contributed by atoms with E-state index in [0.717, 1.165) is 5.69 Å². The summed E-state index contributed by atoms with van der Waals surface area (Å²) in [5.74, 6) is 0.622. The van der Waals surface area contributed by atoms with E-state index in [0.29, 0.717) is 5.78 Å². The monoisotopic (exact) mass is 133 g/mol. The van der Waals surface area contributed by atoms with E-state index in [4.69, 9.17) is 0 Å². The van der Waals surface area contributed by atoms with Crippen LogP contribution < -0.4 is 0 Å². The van der Waals surface area contributed by atoms with Crippen LogP contribution in [0.2, 0.25) is 0 Å². The lowest BCUT2D eigenvalue weighted by Gasteiger charge is -1.92. The molecule has 0 spiro atoms. The van der Waals surface area contributed by atoms with Gasteiger partial charge in [-0.3, -0.25) is 4.40 Å². The molecule has 4 nitrogen and oxygen atoms in total. The van der Waals surface area contributed by atoms with Crippen molar-refractivity contribution in [1.29, 1.82) is 0 Å². The summed E-state index contributed by atoms with van der Waals surface area (Å²) in [6, 6.07) is 2.93. The highest BCUT2D eigenvalue weighted by atomic mass is 15.3. The molecule has 1 radical (unpaired) electrons. The van der Waals surface area contributed by atoms with Gasteiger partial charge in [-0.2, -0.15) is 0 Å². The minimum atomic E-state index is 0.622. The standard InChI is InChI=1S/C6H5N4/c1-5-2-3-7-6-9-8-4-10(5)6/h3-4H,1H3. The highest BCUT2D eigenvalue weighted by Crippen LogP contribution is 1.96. The van der Waals surface area contributed by atoms with Crippen molar-refractivity contribution in [3.8, 4) is 0 Å². The average molecular weight is 133 g/mol. The van der Waals surface area contributed by atoms with Crippen molar-refractivity contribution in [3.63, 3.8) is 0 Å². The Morgan fingerprint density at radius 1 is 1.60 bits per heavy atom. The van der Waals surface area contributed by atoms with Crippen molar-refractivity contribution in [2.24, 2.45) is 0 Å². The fourth-order valence-corrected chi connectivity index (χ4v) is 0.807. The number of hydrogen-bond acceptors (Lipinski definition) is 3. The predicted octanol–water partition coefficient (Wildman–Crippen LogP) is 0.233. The molecule has 2 heterocycles. The van der Waals surface area contributed by atoms with E-state index < -0.39 is 0 Å². The summed E-state index contributed by atoms with van der Waals surface area (Å²) in [5, 5.41) is 7.45. The summed E-state index contributed by atoms with van der Waals surface area (Å²) in [6.07, 6.45) is 3.22. The Labute approximate surface area is 57.5 Å². The van der Waals surface area contributed by atoms with Gasteiger partial charge in [0, 0.05) is 18.0 Å². The molecule has 49 valence electrons. The normalized spacial score (nSPS) is 10.5. The fourth-order valence-electron chi connectivity index (χ4n) is 0.807. The third kappa shape index (κ3) is 0.586. The highest BCUT2D eigenvalue weighted by Gasteiger charge is 1.95. The Morgan fingerprint density at radius 3 is 3.30 bits per heavy atom. The van der Waals surface area contributed by atoms with Crippen molar-refractivity contribution in [2.45, 2.75) is 6.92 Å². The van der Waals surface area contributed by atoms with Gasteiger partial charge in [-0.1, -0.05) is 0 Å². The summed E-state index contributed by atoms with van der Waals surface area (Å²) in [7, 11) is 0. The van der Waals surface area contributed by atoms with Crippen molar-refractivity contribution in [2.75, 3.05) is 0 Å².